The zero-order valence-electron chi connectivity index (χ0n) is 15.0. The fourth-order valence-electron chi connectivity index (χ4n) is 2.76. The average Bonchev–Trinajstić information content (AvgIpc) is 2.62. The standard InChI is InChI=1S/C20H25N3O2/c1-14(2)19(15-7-5-4-6-8-15)22-13-18(24)23-17-11-9-16(10-12-17)20(25)21-3/h4-12,14,19,22H,13H2,1-3H3,(H,21,25)(H,23,24)/p+1/t19-/m1/s1. The summed E-state index contributed by atoms with van der Waals surface area (Å²) in [6.45, 7) is 4.65. The number of carbonyl (C=O) groups is 2. The number of rotatable bonds is 7. The second-order valence-corrected chi connectivity index (χ2v) is 6.32. The number of amides is 2. The highest BCUT2D eigenvalue weighted by Gasteiger charge is 2.20. The van der Waals surface area contributed by atoms with E-state index in [0.29, 0.717) is 23.7 Å². The van der Waals surface area contributed by atoms with Gasteiger partial charge in [-0.15, -0.1) is 0 Å². The van der Waals surface area contributed by atoms with E-state index in [2.05, 4.69) is 41.9 Å². The number of benzene rings is 2. The van der Waals surface area contributed by atoms with Crippen LogP contribution in [-0.4, -0.2) is 25.4 Å². The molecule has 0 bridgehead atoms. The Kier molecular flexibility index (Phi) is 6.71. The number of hydrogen-bond donors (Lipinski definition) is 3. The van der Waals surface area contributed by atoms with E-state index in [1.54, 1.807) is 31.3 Å². The lowest BCUT2D eigenvalue weighted by atomic mass is 9.96. The fourth-order valence-corrected chi connectivity index (χ4v) is 2.76. The normalized spacial score (nSPS) is 11.8. The van der Waals surface area contributed by atoms with Gasteiger partial charge in [-0.1, -0.05) is 44.2 Å². The predicted octanol–water partition coefficient (Wildman–Crippen LogP) is 1.95. The smallest absolute Gasteiger partial charge is 0.279 e. The second kappa shape index (κ2) is 8.99. The molecule has 0 fully saturated rings. The summed E-state index contributed by atoms with van der Waals surface area (Å²) in [5.74, 6) is 0.213. The summed E-state index contributed by atoms with van der Waals surface area (Å²) in [5.41, 5.74) is 2.48. The van der Waals surface area contributed by atoms with Crippen molar-refractivity contribution in [1.82, 2.24) is 5.32 Å². The van der Waals surface area contributed by atoms with E-state index in [0.717, 1.165) is 0 Å². The highest BCUT2D eigenvalue weighted by molar-refractivity contribution is 5.95. The largest absolute Gasteiger partial charge is 0.355 e. The van der Waals surface area contributed by atoms with Gasteiger partial charge in [0.1, 0.15) is 6.04 Å². The van der Waals surface area contributed by atoms with Crippen molar-refractivity contribution in [2.45, 2.75) is 19.9 Å². The van der Waals surface area contributed by atoms with Crippen molar-refractivity contribution in [2.24, 2.45) is 5.92 Å². The molecule has 5 heteroatoms. The molecule has 0 saturated heterocycles. The molecule has 0 heterocycles. The highest BCUT2D eigenvalue weighted by atomic mass is 16.2. The summed E-state index contributed by atoms with van der Waals surface area (Å²) in [4.78, 5) is 23.7. The molecule has 4 N–H and O–H groups in total. The lowest BCUT2D eigenvalue weighted by molar-refractivity contribution is -0.692. The van der Waals surface area contributed by atoms with Crippen molar-refractivity contribution in [3.63, 3.8) is 0 Å². The summed E-state index contributed by atoms with van der Waals surface area (Å²) in [6.07, 6.45) is 0. The Hall–Kier alpha value is -2.66. The Labute approximate surface area is 148 Å². The summed E-state index contributed by atoms with van der Waals surface area (Å²) in [6, 6.07) is 17.3. The van der Waals surface area contributed by atoms with Gasteiger partial charge in [-0.05, 0) is 24.3 Å². The zero-order valence-corrected chi connectivity index (χ0v) is 15.0. The molecule has 0 aliphatic carbocycles. The van der Waals surface area contributed by atoms with Gasteiger partial charge in [0.2, 0.25) is 0 Å². The third kappa shape index (κ3) is 5.43. The van der Waals surface area contributed by atoms with Crippen LogP contribution in [0.3, 0.4) is 0 Å². The molecular formula is C20H26N3O2+. The number of anilines is 1. The first kappa shape index (κ1) is 18.7. The molecule has 0 saturated carbocycles. The molecule has 0 radical (unpaired) electrons. The maximum Gasteiger partial charge on any atom is 0.279 e. The molecule has 5 nitrogen and oxygen atoms in total. The predicted molar refractivity (Wildman–Crippen MR) is 99.3 cm³/mol. The lowest BCUT2D eigenvalue weighted by Crippen LogP contribution is -2.88. The highest BCUT2D eigenvalue weighted by Crippen LogP contribution is 2.16. The van der Waals surface area contributed by atoms with Crippen LogP contribution >= 0.6 is 0 Å². The van der Waals surface area contributed by atoms with Crippen molar-refractivity contribution in [3.05, 3.63) is 65.7 Å². The van der Waals surface area contributed by atoms with E-state index < -0.39 is 0 Å². The van der Waals surface area contributed by atoms with Crippen molar-refractivity contribution in [3.8, 4) is 0 Å². The first-order chi connectivity index (χ1) is 12.0. The van der Waals surface area contributed by atoms with E-state index in [1.807, 2.05) is 18.2 Å². The Bertz CT molecular complexity index is 697. The Morgan fingerprint density at radius 1 is 1.00 bits per heavy atom. The van der Waals surface area contributed by atoms with Crippen molar-refractivity contribution in [2.75, 3.05) is 18.9 Å². The topological polar surface area (TPSA) is 74.8 Å². The molecule has 132 valence electrons. The van der Waals surface area contributed by atoms with Gasteiger partial charge in [-0.25, -0.2) is 0 Å². The Morgan fingerprint density at radius 2 is 1.64 bits per heavy atom. The molecule has 0 aliphatic rings. The molecule has 2 aromatic rings. The second-order valence-electron chi connectivity index (χ2n) is 6.32. The maximum atomic E-state index is 12.2. The van der Waals surface area contributed by atoms with Crippen molar-refractivity contribution >= 4 is 17.5 Å². The minimum Gasteiger partial charge on any atom is -0.355 e. The third-order valence-electron chi connectivity index (χ3n) is 4.12. The van der Waals surface area contributed by atoms with Gasteiger partial charge in [0.05, 0.1) is 0 Å². The van der Waals surface area contributed by atoms with Crippen LogP contribution in [0.2, 0.25) is 0 Å². The molecule has 2 aromatic carbocycles. The molecular weight excluding hydrogens is 314 g/mol. The quantitative estimate of drug-likeness (QED) is 0.721. The molecule has 2 amide bonds. The summed E-state index contributed by atoms with van der Waals surface area (Å²) in [7, 11) is 1.59. The molecule has 0 spiro atoms. The Balaban J connectivity index is 1.92. The summed E-state index contributed by atoms with van der Waals surface area (Å²) >= 11 is 0. The van der Waals surface area contributed by atoms with Crippen molar-refractivity contribution < 1.29 is 14.9 Å². The zero-order chi connectivity index (χ0) is 18.2. The number of nitrogens with one attached hydrogen (secondary N) is 2. The number of quaternary nitrogens is 1. The maximum absolute atomic E-state index is 12.2. The first-order valence-electron chi connectivity index (χ1n) is 8.51. The molecule has 2 rings (SSSR count). The number of carbonyl (C=O) groups excluding carboxylic acids is 2. The number of nitrogens with two attached hydrogens (primary N) is 1. The van der Waals surface area contributed by atoms with Gasteiger partial charge in [0.25, 0.3) is 11.8 Å². The SMILES string of the molecule is CNC(=O)c1ccc(NC(=O)C[NH2+][C@@H](c2ccccc2)C(C)C)cc1. The van der Waals surface area contributed by atoms with Crippen LogP contribution in [0, 0.1) is 5.92 Å². The minimum absolute atomic E-state index is 0.0609. The van der Waals surface area contributed by atoms with Gasteiger partial charge < -0.3 is 16.0 Å². The molecule has 0 aromatic heterocycles. The van der Waals surface area contributed by atoms with E-state index in [9.17, 15) is 9.59 Å². The monoisotopic (exact) mass is 340 g/mol. The minimum atomic E-state index is -0.145. The van der Waals surface area contributed by atoms with Crippen LogP contribution in [0.5, 0.6) is 0 Å². The molecule has 0 unspecified atom stereocenters. The summed E-state index contributed by atoms with van der Waals surface area (Å²) in [5, 5.41) is 7.50. The summed E-state index contributed by atoms with van der Waals surface area (Å²) < 4.78 is 0. The fraction of sp³-hybridized carbons (Fsp3) is 0.300. The lowest BCUT2D eigenvalue weighted by Gasteiger charge is -2.19. The molecule has 0 aliphatic heterocycles. The van der Waals surface area contributed by atoms with Gasteiger partial charge in [-0.2, -0.15) is 0 Å². The van der Waals surface area contributed by atoms with Crippen molar-refractivity contribution in [1.29, 1.82) is 0 Å². The van der Waals surface area contributed by atoms with Gasteiger partial charge in [0.15, 0.2) is 6.54 Å². The van der Waals surface area contributed by atoms with Gasteiger partial charge >= 0.3 is 0 Å². The van der Waals surface area contributed by atoms with Crippen LogP contribution < -0.4 is 16.0 Å². The van der Waals surface area contributed by atoms with Gasteiger partial charge in [-0.3, -0.25) is 9.59 Å². The molecule has 1 atom stereocenters. The molecule has 25 heavy (non-hydrogen) atoms. The third-order valence-corrected chi connectivity index (χ3v) is 4.12. The van der Waals surface area contributed by atoms with Crippen LogP contribution in [0.1, 0.15) is 35.8 Å². The van der Waals surface area contributed by atoms with Crippen LogP contribution in [0.4, 0.5) is 5.69 Å². The number of hydrogen-bond acceptors (Lipinski definition) is 2. The first-order valence-corrected chi connectivity index (χ1v) is 8.51. The van der Waals surface area contributed by atoms with E-state index >= 15 is 0 Å². The van der Waals surface area contributed by atoms with Crippen LogP contribution in [0.25, 0.3) is 0 Å². The van der Waals surface area contributed by atoms with E-state index in [1.165, 1.54) is 5.56 Å². The van der Waals surface area contributed by atoms with E-state index in [-0.39, 0.29) is 17.9 Å². The van der Waals surface area contributed by atoms with Crippen LogP contribution in [0.15, 0.2) is 54.6 Å². The van der Waals surface area contributed by atoms with E-state index in [4.69, 9.17) is 0 Å². The van der Waals surface area contributed by atoms with Crippen LogP contribution in [-0.2, 0) is 4.79 Å². The Morgan fingerprint density at radius 3 is 2.20 bits per heavy atom. The average molecular weight is 340 g/mol. The van der Waals surface area contributed by atoms with Gasteiger partial charge in [0, 0.05) is 29.8 Å².